The molecule has 4 heterocycles. The van der Waals surface area contributed by atoms with E-state index < -0.39 is 5.54 Å². The largest absolute Gasteiger partial charge is 0.369 e. The molecule has 0 spiro atoms. The van der Waals surface area contributed by atoms with E-state index in [9.17, 15) is 0 Å². The summed E-state index contributed by atoms with van der Waals surface area (Å²) < 4.78 is 0. The summed E-state index contributed by atoms with van der Waals surface area (Å²) in [4.78, 5) is 59.4. The first-order valence-corrected chi connectivity index (χ1v) is 35.9. The number of piperidine rings is 3. The topological polar surface area (TPSA) is 143 Å². The summed E-state index contributed by atoms with van der Waals surface area (Å²) in [6, 6.07) is 0.475. The van der Waals surface area contributed by atoms with Gasteiger partial charge in [-0.15, -0.1) is 0 Å². The first-order chi connectivity index (χ1) is 41.9. The SMILES string of the molecule is C=C1CC(N(CCCCCCN(C2CC(C)(C)N(OCCC)C(C)(C)C2)C(CC)(CC)c2nc(N(CCCC)CCCC)nc(N(CCCC)CCCC)n2)C(N)=NC(=NC)N(CCCC)C2CC(=C)N(OCCC)C(C)(C)C2)CC(C)(C)N1OCCC. The van der Waals surface area contributed by atoms with Gasteiger partial charge in [0.05, 0.1) is 36.4 Å². The van der Waals surface area contributed by atoms with Crippen molar-refractivity contribution in [1.82, 2.24) is 44.8 Å². The molecule has 0 aliphatic carbocycles. The number of rotatable bonds is 40. The summed E-state index contributed by atoms with van der Waals surface area (Å²) in [5, 5.41) is 6.47. The van der Waals surface area contributed by atoms with Crippen molar-refractivity contribution < 1.29 is 14.5 Å². The molecule has 2 unspecified atom stereocenters. The van der Waals surface area contributed by atoms with Crippen LogP contribution >= 0.6 is 0 Å². The zero-order valence-corrected chi connectivity index (χ0v) is 60.5. The second-order valence-electron chi connectivity index (χ2n) is 28.7. The average Bonchev–Trinajstić information content (AvgIpc) is 1.34. The molecule has 2 atom stereocenters. The molecule has 3 fully saturated rings. The highest BCUT2D eigenvalue weighted by Crippen LogP contribution is 2.47. The van der Waals surface area contributed by atoms with E-state index in [1.807, 2.05) is 7.05 Å². The Kier molecular flexibility index (Phi) is 32.3. The Balaban J connectivity index is 1.80. The lowest BCUT2D eigenvalue weighted by Gasteiger charge is -2.58. The first kappa shape index (κ1) is 76.7. The maximum Gasteiger partial charge on any atom is 0.230 e. The molecule has 2 N–H and O–H groups in total. The molecule has 0 amide bonds. The fraction of sp³-hybridized carbons (Fsp3) is 0.873. The number of hydroxylamine groups is 6. The minimum atomic E-state index is -0.433. The van der Waals surface area contributed by atoms with E-state index in [1.165, 1.54) is 0 Å². The molecule has 1 aromatic heterocycles. The van der Waals surface area contributed by atoms with Crippen LogP contribution in [0.5, 0.6) is 0 Å². The third kappa shape index (κ3) is 20.9. The quantitative estimate of drug-likeness (QED) is 0.0378. The maximum absolute atomic E-state index is 7.47. The predicted molar refractivity (Wildman–Crippen MR) is 373 cm³/mol. The highest BCUT2D eigenvalue weighted by molar-refractivity contribution is 5.94. The number of aliphatic imine (C=N–C) groups is 2. The molecule has 508 valence electrons. The van der Waals surface area contributed by atoms with Gasteiger partial charge in [-0.2, -0.15) is 25.0 Å². The summed E-state index contributed by atoms with van der Waals surface area (Å²) in [6.07, 6.45) is 24.9. The standard InChI is InChI=1S/C71H136N14O3/c1-22-32-41-78(42-33-23-2)65-74-62(75-66(77-65)79(43-34-24-3)44-35-25-4)71(30-9,31-10)82(61-55-69(17,18)85(88-50-29-8)70(19,20)56-61)47-40-38-37-39-46-80(59-51-57(11)83(86-48-27-6)67(13,14)53-59)63(72)76-64(73-21)81(45-36-26-5)60-52-58(12)84(87-49-28-7)68(15,16)54-60/h59-61H,11-12,22-56H2,1-10,13-21H3,(H2,72,73,76). The first-order valence-electron chi connectivity index (χ1n) is 35.9. The second-order valence-corrected chi connectivity index (χ2v) is 28.7. The van der Waals surface area contributed by atoms with Gasteiger partial charge < -0.3 is 25.3 Å². The molecule has 0 saturated carbocycles. The van der Waals surface area contributed by atoms with Crippen LogP contribution in [-0.2, 0) is 20.1 Å². The number of anilines is 2. The molecule has 3 aliphatic rings. The molecule has 3 saturated heterocycles. The van der Waals surface area contributed by atoms with Gasteiger partial charge in [-0.05, 0) is 165 Å². The van der Waals surface area contributed by atoms with Crippen LogP contribution in [0.15, 0.2) is 34.5 Å². The van der Waals surface area contributed by atoms with Crippen molar-refractivity contribution >= 4 is 23.8 Å². The molecule has 17 heteroatoms. The number of hydrogen-bond acceptors (Lipinski definition) is 13. The number of hydrogen-bond donors (Lipinski definition) is 1. The molecule has 1 aromatic rings. The molecule has 0 aromatic carbocycles. The van der Waals surface area contributed by atoms with Gasteiger partial charge >= 0.3 is 0 Å². The number of nitrogens with zero attached hydrogens (tertiary/aromatic N) is 13. The molecule has 0 radical (unpaired) electrons. The zero-order chi connectivity index (χ0) is 65.3. The van der Waals surface area contributed by atoms with Crippen LogP contribution in [0.2, 0.25) is 0 Å². The minimum Gasteiger partial charge on any atom is -0.369 e. The van der Waals surface area contributed by atoms with Gasteiger partial charge in [0.25, 0.3) is 0 Å². The van der Waals surface area contributed by atoms with Crippen molar-refractivity contribution in [2.24, 2.45) is 15.7 Å². The maximum atomic E-state index is 7.47. The van der Waals surface area contributed by atoms with E-state index in [-0.39, 0.29) is 40.3 Å². The molecule has 0 bridgehead atoms. The lowest BCUT2D eigenvalue weighted by molar-refractivity contribution is -0.290. The van der Waals surface area contributed by atoms with Crippen LogP contribution < -0.4 is 15.5 Å². The summed E-state index contributed by atoms with van der Waals surface area (Å²) in [5.74, 6) is 3.85. The second kappa shape index (κ2) is 37.1. The Morgan fingerprint density at radius 1 is 0.500 bits per heavy atom. The van der Waals surface area contributed by atoms with E-state index >= 15 is 0 Å². The van der Waals surface area contributed by atoms with Gasteiger partial charge in [0, 0.05) is 99.8 Å². The number of unbranched alkanes of at least 4 members (excludes halogenated alkanes) is 8. The van der Waals surface area contributed by atoms with Gasteiger partial charge in [0.15, 0.2) is 11.8 Å². The van der Waals surface area contributed by atoms with Crippen molar-refractivity contribution in [2.45, 2.75) is 331 Å². The van der Waals surface area contributed by atoms with Crippen molar-refractivity contribution in [3.05, 3.63) is 30.4 Å². The van der Waals surface area contributed by atoms with E-state index in [4.69, 9.17) is 45.2 Å². The van der Waals surface area contributed by atoms with Crippen molar-refractivity contribution in [1.29, 1.82) is 0 Å². The van der Waals surface area contributed by atoms with Crippen LogP contribution in [0.25, 0.3) is 0 Å². The van der Waals surface area contributed by atoms with Crippen LogP contribution in [0.3, 0.4) is 0 Å². The Bertz CT molecular complexity index is 2180. The van der Waals surface area contributed by atoms with E-state index in [2.05, 4.69) is 177 Å². The Morgan fingerprint density at radius 3 is 1.28 bits per heavy atom. The molecule has 17 nitrogen and oxygen atoms in total. The smallest absolute Gasteiger partial charge is 0.230 e. The monoisotopic (exact) mass is 1230 g/mol. The van der Waals surface area contributed by atoms with Crippen molar-refractivity contribution in [2.75, 3.05) is 82.5 Å². The molecular weight excluding hydrogens is 1100 g/mol. The van der Waals surface area contributed by atoms with Gasteiger partial charge in [-0.1, -0.05) is 127 Å². The van der Waals surface area contributed by atoms with Crippen LogP contribution in [0.1, 0.15) is 291 Å². The normalized spacial score (nSPS) is 20.1. The van der Waals surface area contributed by atoms with Crippen molar-refractivity contribution in [3.63, 3.8) is 0 Å². The Morgan fingerprint density at radius 2 is 0.886 bits per heavy atom. The van der Waals surface area contributed by atoms with E-state index in [1.54, 1.807) is 0 Å². The van der Waals surface area contributed by atoms with E-state index in [0.717, 1.165) is 235 Å². The lowest BCUT2D eigenvalue weighted by Crippen LogP contribution is -2.66. The zero-order valence-electron chi connectivity index (χ0n) is 60.5. The van der Waals surface area contributed by atoms with E-state index in [0.29, 0.717) is 31.7 Å². The third-order valence-corrected chi connectivity index (χ3v) is 19.0. The summed E-state index contributed by atoms with van der Waals surface area (Å²) in [7, 11) is 1.87. The predicted octanol–water partition coefficient (Wildman–Crippen LogP) is 15.8. The molecule has 3 aliphatic heterocycles. The van der Waals surface area contributed by atoms with Crippen molar-refractivity contribution in [3.8, 4) is 0 Å². The fourth-order valence-corrected chi connectivity index (χ4v) is 14.6. The minimum absolute atomic E-state index is 0.0755. The summed E-state index contributed by atoms with van der Waals surface area (Å²) in [5.41, 5.74) is 8.03. The van der Waals surface area contributed by atoms with Gasteiger partial charge in [-0.25, -0.2) is 0 Å². The summed E-state index contributed by atoms with van der Waals surface area (Å²) in [6.45, 7) is 58.9. The number of aromatic nitrogens is 3. The number of guanidine groups is 2. The lowest BCUT2D eigenvalue weighted by atomic mass is 9.75. The van der Waals surface area contributed by atoms with Crippen LogP contribution in [0, 0.1) is 0 Å². The van der Waals surface area contributed by atoms with Gasteiger partial charge in [0.2, 0.25) is 17.9 Å². The summed E-state index contributed by atoms with van der Waals surface area (Å²) >= 11 is 0. The van der Waals surface area contributed by atoms with Gasteiger partial charge in [-0.3, -0.25) is 34.5 Å². The fourth-order valence-electron chi connectivity index (χ4n) is 14.6. The highest BCUT2D eigenvalue weighted by Gasteiger charge is 2.52. The molecular formula is C71H136N14O3. The molecule has 88 heavy (non-hydrogen) atoms. The third-order valence-electron chi connectivity index (χ3n) is 19.0. The van der Waals surface area contributed by atoms with Crippen LogP contribution in [0.4, 0.5) is 11.9 Å². The highest BCUT2D eigenvalue weighted by atomic mass is 16.7. The Hall–Kier alpha value is -3.77. The average molecular weight is 1230 g/mol. The van der Waals surface area contributed by atoms with Gasteiger partial charge in [0.1, 0.15) is 0 Å². The molecule has 4 rings (SSSR count). The van der Waals surface area contributed by atoms with Crippen LogP contribution in [-0.4, -0.2) is 170 Å². The number of nitrogens with two attached hydrogens (primary N) is 1. The Labute approximate surface area is 540 Å².